The zero-order chi connectivity index (χ0) is 31.2. The summed E-state index contributed by atoms with van der Waals surface area (Å²) in [6.45, 7) is 6.44. The van der Waals surface area contributed by atoms with Crippen molar-refractivity contribution in [3.63, 3.8) is 0 Å². The highest BCUT2D eigenvalue weighted by atomic mass is 19.1. The number of hydrogen-bond acceptors (Lipinski definition) is 8. The maximum atomic E-state index is 16.8. The number of aromatic hydroxyl groups is 1. The molecule has 45 heavy (non-hydrogen) atoms. The lowest BCUT2D eigenvalue weighted by Crippen LogP contribution is -2.43. The predicted octanol–water partition coefficient (Wildman–Crippen LogP) is 6.50. The van der Waals surface area contributed by atoms with Crippen LogP contribution in [0.25, 0.3) is 32.9 Å². The molecule has 3 saturated heterocycles. The van der Waals surface area contributed by atoms with E-state index in [9.17, 15) is 14.3 Å². The van der Waals surface area contributed by atoms with E-state index < -0.39 is 11.6 Å². The summed E-state index contributed by atoms with van der Waals surface area (Å²) in [4.78, 5) is 28.6. The lowest BCUT2D eigenvalue weighted by Gasteiger charge is -2.35. The monoisotopic (exact) mass is 615 g/mol. The number of aryl methyl sites for hydroxylation is 1. The maximum Gasteiger partial charge on any atom is 0.319 e. The quantitative estimate of drug-likeness (QED) is 0.254. The maximum absolute atomic E-state index is 16.8. The highest BCUT2D eigenvalue weighted by Crippen LogP contribution is 2.43. The summed E-state index contributed by atoms with van der Waals surface area (Å²) < 4.78 is 38.1. The molecular weight excluding hydrogens is 576 g/mol. The van der Waals surface area contributed by atoms with Gasteiger partial charge in [0.05, 0.1) is 12.0 Å². The molecule has 236 valence electrons. The van der Waals surface area contributed by atoms with Crippen molar-refractivity contribution < 1.29 is 23.4 Å². The molecule has 4 aromatic rings. The molecule has 0 radical (unpaired) electrons. The first kappa shape index (κ1) is 29.8. The number of ketones is 1. The van der Waals surface area contributed by atoms with Gasteiger partial charge in [0.15, 0.2) is 5.82 Å². The van der Waals surface area contributed by atoms with Gasteiger partial charge in [-0.15, -0.1) is 0 Å². The minimum atomic E-state index is -0.690. The van der Waals surface area contributed by atoms with E-state index in [0.29, 0.717) is 70.8 Å². The molecule has 2 aromatic heterocycles. The molecule has 5 heterocycles. The summed E-state index contributed by atoms with van der Waals surface area (Å²) in [6.07, 6.45) is 7.61. The fourth-order valence-corrected chi connectivity index (χ4v) is 7.80. The number of nitrogens with one attached hydrogen (secondary N) is 1. The number of fused-ring (bicyclic) bond motifs is 4. The number of piperidine rings is 1. The molecule has 7 rings (SSSR count). The second-order valence-electron chi connectivity index (χ2n) is 13.1. The van der Waals surface area contributed by atoms with Crippen LogP contribution < -0.4 is 15.0 Å². The molecule has 2 N–H and O–H groups in total. The molecule has 0 aliphatic carbocycles. The van der Waals surface area contributed by atoms with Crippen molar-refractivity contribution in [1.29, 1.82) is 0 Å². The predicted molar refractivity (Wildman–Crippen MR) is 170 cm³/mol. The van der Waals surface area contributed by atoms with E-state index in [1.165, 1.54) is 12.1 Å². The highest BCUT2D eigenvalue weighted by molar-refractivity contribution is 6.02. The zero-order valence-electron chi connectivity index (χ0n) is 25.8. The lowest BCUT2D eigenvalue weighted by atomic mass is 9.91. The van der Waals surface area contributed by atoms with Crippen molar-refractivity contribution in [2.75, 3.05) is 24.6 Å². The van der Waals surface area contributed by atoms with Crippen molar-refractivity contribution in [2.24, 2.45) is 11.8 Å². The molecule has 3 aliphatic rings. The van der Waals surface area contributed by atoms with Crippen molar-refractivity contribution in [1.82, 2.24) is 20.3 Å². The minimum Gasteiger partial charge on any atom is -0.508 e. The lowest BCUT2D eigenvalue weighted by molar-refractivity contribution is -0.120. The number of anilines is 1. The molecule has 3 aliphatic heterocycles. The number of benzene rings is 2. The molecule has 0 amide bonds. The number of phenols is 1. The van der Waals surface area contributed by atoms with Gasteiger partial charge in [0.1, 0.15) is 34.4 Å². The number of hydrogen-bond donors (Lipinski definition) is 2. The third-order valence-electron chi connectivity index (χ3n) is 9.84. The topological polar surface area (TPSA) is 100 Å². The average molecular weight is 616 g/mol. The van der Waals surface area contributed by atoms with E-state index in [2.05, 4.69) is 27.1 Å². The Bertz CT molecular complexity index is 1770. The summed E-state index contributed by atoms with van der Waals surface area (Å²) in [5, 5.41) is 15.6. The summed E-state index contributed by atoms with van der Waals surface area (Å²) in [7, 11) is 0. The van der Waals surface area contributed by atoms with Gasteiger partial charge < -0.3 is 20.1 Å². The summed E-state index contributed by atoms with van der Waals surface area (Å²) in [5.41, 5.74) is 0.744. The van der Waals surface area contributed by atoms with Crippen molar-refractivity contribution in [3.8, 4) is 23.0 Å². The van der Waals surface area contributed by atoms with Gasteiger partial charge in [0, 0.05) is 36.7 Å². The molecular formula is C35H39F2N5O3. The van der Waals surface area contributed by atoms with E-state index >= 15 is 4.39 Å². The standard InChI is InChI=1S/C35H39F2N5O3/c1-3-26-29(36)9-6-21-12-24(43)15-27(30(21)26)32-31(37)33-28(17-39-32)34(42-22-7-8-23(42)14-25(44)13-22)41-35(40-33)45-18-20-5-4-10-38-16-19(2)11-20/h6,9,12,15,17,19-20,22-23,38,43H,3-5,7-8,10-11,13-14,16,18H2,1-2H3/t19-,20-,22?,23?/m1/s1. The van der Waals surface area contributed by atoms with Crippen molar-refractivity contribution in [3.05, 3.63) is 47.7 Å². The molecule has 0 saturated carbocycles. The first-order valence-electron chi connectivity index (χ1n) is 16.2. The van der Waals surface area contributed by atoms with Gasteiger partial charge in [-0.1, -0.05) is 19.9 Å². The molecule has 2 aromatic carbocycles. The van der Waals surface area contributed by atoms with Gasteiger partial charge in [0.2, 0.25) is 0 Å². The Kier molecular flexibility index (Phi) is 8.02. The number of phenolic OH excluding ortho intramolecular Hbond substituents is 1. The van der Waals surface area contributed by atoms with Crippen LogP contribution in [0.5, 0.6) is 11.8 Å². The Morgan fingerprint density at radius 1 is 1.11 bits per heavy atom. The highest BCUT2D eigenvalue weighted by Gasteiger charge is 2.42. The second-order valence-corrected chi connectivity index (χ2v) is 13.1. The zero-order valence-corrected chi connectivity index (χ0v) is 25.8. The van der Waals surface area contributed by atoms with E-state index in [4.69, 9.17) is 9.72 Å². The molecule has 2 bridgehead atoms. The number of pyridine rings is 1. The Balaban J connectivity index is 1.36. The van der Waals surface area contributed by atoms with E-state index in [0.717, 1.165) is 45.2 Å². The first-order chi connectivity index (χ1) is 21.8. The Hall–Kier alpha value is -3.92. The number of carbonyl (C=O) groups excluding carboxylic acids is 1. The van der Waals surface area contributed by atoms with Crippen LogP contribution >= 0.6 is 0 Å². The van der Waals surface area contributed by atoms with Crippen molar-refractivity contribution in [2.45, 2.75) is 77.3 Å². The molecule has 2 unspecified atom stereocenters. The van der Waals surface area contributed by atoms with Gasteiger partial charge >= 0.3 is 6.01 Å². The van der Waals surface area contributed by atoms with Crippen LogP contribution in [0, 0.1) is 23.5 Å². The number of carbonyl (C=O) groups is 1. The average Bonchev–Trinajstić information content (AvgIpc) is 3.28. The third-order valence-corrected chi connectivity index (χ3v) is 9.84. The Morgan fingerprint density at radius 2 is 1.91 bits per heavy atom. The van der Waals surface area contributed by atoms with Gasteiger partial charge in [-0.05, 0) is 98.0 Å². The Morgan fingerprint density at radius 3 is 2.69 bits per heavy atom. The fraction of sp³-hybridized carbons (Fsp3) is 0.486. The number of aromatic nitrogens is 3. The largest absolute Gasteiger partial charge is 0.508 e. The SMILES string of the molecule is CCc1c(F)ccc2cc(O)cc(-c3ncc4c(N5C6CCC5CC(=O)C6)nc(OC[C@@H]5CCCNC[C@H](C)C5)nc4c3F)c12. The number of ether oxygens (including phenoxy) is 1. The van der Waals surface area contributed by atoms with E-state index in [1.54, 1.807) is 18.3 Å². The smallest absolute Gasteiger partial charge is 0.319 e. The number of Topliss-reactive ketones (excluding diaryl/α,β-unsaturated/α-hetero) is 1. The van der Waals surface area contributed by atoms with E-state index in [-0.39, 0.29) is 40.8 Å². The van der Waals surface area contributed by atoms with Gasteiger partial charge in [-0.2, -0.15) is 9.97 Å². The van der Waals surface area contributed by atoms with Crippen LogP contribution in [0.3, 0.4) is 0 Å². The number of rotatable bonds is 6. The van der Waals surface area contributed by atoms with Crippen LogP contribution in [-0.2, 0) is 11.2 Å². The molecule has 10 heteroatoms. The number of nitrogens with zero attached hydrogens (tertiary/aromatic N) is 4. The first-order valence-corrected chi connectivity index (χ1v) is 16.2. The number of halogens is 2. The van der Waals surface area contributed by atoms with Gasteiger partial charge in [0.25, 0.3) is 0 Å². The Labute approximate surface area is 261 Å². The minimum absolute atomic E-state index is 0.0194. The molecule has 0 spiro atoms. The normalized spacial score (nSPS) is 23.8. The second kappa shape index (κ2) is 12.1. The van der Waals surface area contributed by atoms with Crippen LogP contribution in [0.15, 0.2) is 30.5 Å². The third kappa shape index (κ3) is 5.58. The summed E-state index contributed by atoms with van der Waals surface area (Å²) >= 11 is 0. The fourth-order valence-electron chi connectivity index (χ4n) is 7.80. The summed E-state index contributed by atoms with van der Waals surface area (Å²) in [5.74, 6) is 0.449. The van der Waals surface area contributed by atoms with Gasteiger partial charge in [-0.3, -0.25) is 9.78 Å². The van der Waals surface area contributed by atoms with Crippen molar-refractivity contribution >= 4 is 33.3 Å². The van der Waals surface area contributed by atoms with Crippen LogP contribution in [0.1, 0.15) is 64.4 Å². The van der Waals surface area contributed by atoms with Crippen LogP contribution in [0.2, 0.25) is 0 Å². The van der Waals surface area contributed by atoms with Gasteiger partial charge in [-0.25, -0.2) is 8.78 Å². The summed E-state index contributed by atoms with van der Waals surface area (Å²) in [6, 6.07) is 5.98. The van der Waals surface area contributed by atoms with E-state index in [1.807, 2.05) is 6.92 Å². The molecule has 3 fully saturated rings. The van der Waals surface area contributed by atoms with Crippen LogP contribution in [-0.4, -0.2) is 57.6 Å². The molecule has 4 atom stereocenters. The van der Waals surface area contributed by atoms with Crippen LogP contribution in [0.4, 0.5) is 14.6 Å². The molecule has 8 nitrogen and oxygen atoms in total.